The van der Waals surface area contributed by atoms with Crippen molar-refractivity contribution in [3.8, 4) is 17.2 Å². The average Bonchev–Trinajstić information content (AvgIpc) is 3.02. The Bertz CT molecular complexity index is 1320. The highest BCUT2D eigenvalue weighted by Gasteiger charge is 2.28. The van der Waals surface area contributed by atoms with Crippen molar-refractivity contribution in [2.24, 2.45) is 5.10 Å². The Labute approximate surface area is 209 Å². The Hall–Kier alpha value is -4.53. The van der Waals surface area contributed by atoms with Crippen LogP contribution in [0.1, 0.15) is 34.0 Å². The van der Waals surface area contributed by atoms with E-state index in [4.69, 9.17) is 14.6 Å². The molecule has 0 aromatic heterocycles. The van der Waals surface area contributed by atoms with Crippen molar-refractivity contribution in [2.75, 3.05) is 26.6 Å². The van der Waals surface area contributed by atoms with Gasteiger partial charge < -0.3 is 25.2 Å². The molecule has 3 aromatic carbocycles. The van der Waals surface area contributed by atoms with Gasteiger partial charge in [0.25, 0.3) is 5.91 Å². The van der Waals surface area contributed by atoms with Crippen LogP contribution in [0, 0.1) is 0 Å². The maximum absolute atomic E-state index is 12.7. The molecule has 36 heavy (non-hydrogen) atoms. The first-order valence-electron chi connectivity index (χ1n) is 11.4. The van der Waals surface area contributed by atoms with E-state index < -0.39 is 0 Å². The number of amides is 3. The molecule has 1 aliphatic heterocycles. The minimum Gasteiger partial charge on any atom is -0.508 e. The molecule has 0 saturated carbocycles. The molecule has 1 atom stereocenters. The predicted molar refractivity (Wildman–Crippen MR) is 137 cm³/mol. The molecule has 0 aliphatic carbocycles. The number of carbonyl (C=O) groups is 2. The molecule has 9 heteroatoms. The highest BCUT2D eigenvalue weighted by atomic mass is 16.5. The molecule has 9 nitrogen and oxygen atoms in total. The predicted octanol–water partition coefficient (Wildman–Crippen LogP) is 4.00. The maximum atomic E-state index is 12.7. The number of methoxy groups -OCH3 is 2. The third kappa shape index (κ3) is 4.95. The summed E-state index contributed by atoms with van der Waals surface area (Å²) in [6.45, 7) is 1.93. The van der Waals surface area contributed by atoms with Gasteiger partial charge in [-0.05, 0) is 55.3 Å². The summed E-state index contributed by atoms with van der Waals surface area (Å²) in [7, 11) is 4.71. The fourth-order valence-electron chi connectivity index (χ4n) is 4.12. The number of benzene rings is 3. The van der Waals surface area contributed by atoms with E-state index in [1.54, 1.807) is 57.7 Å². The number of hydrogen-bond acceptors (Lipinski definition) is 6. The van der Waals surface area contributed by atoms with Crippen LogP contribution in [0.5, 0.6) is 17.2 Å². The van der Waals surface area contributed by atoms with Gasteiger partial charge in [0.15, 0.2) is 11.5 Å². The van der Waals surface area contributed by atoms with E-state index in [0.717, 1.165) is 16.7 Å². The highest BCUT2D eigenvalue weighted by Crippen LogP contribution is 2.34. The van der Waals surface area contributed by atoms with E-state index in [-0.39, 0.29) is 23.7 Å². The van der Waals surface area contributed by atoms with Gasteiger partial charge in [-0.1, -0.05) is 18.2 Å². The topological polar surface area (TPSA) is 112 Å². The van der Waals surface area contributed by atoms with E-state index in [2.05, 4.69) is 10.6 Å². The third-order valence-corrected chi connectivity index (χ3v) is 5.95. The summed E-state index contributed by atoms with van der Waals surface area (Å²) < 4.78 is 11.0. The van der Waals surface area contributed by atoms with Gasteiger partial charge in [-0.2, -0.15) is 5.10 Å². The largest absolute Gasteiger partial charge is 0.508 e. The molecule has 0 radical (unpaired) electrons. The van der Waals surface area contributed by atoms with Crippen LogP contribution in [0.4, 0.5) is 10.5 Å². The van der Waals surface area contributed by atoms with Crippen molar-refractivity contribution in [3.63, 3.8) is 0 Å². The first-order chi connectivity index (χ1) is 17.3. The number of nitrogens with one attached hydrogen (secondary N) is 2. The van der Waals surface area contributed by atoms with Crippen molar-refractivity contribution >= 4 is 23.3 Å². The summed E-state index contributed by atoms with van der Waals surface area (Å²) in [5.74, 6) is 0.889. The lowest BCUT2D eigenvalue weighted by Gasteiger charge is -2.22. The lowest BCUT2D eigenvalue weighted by atomic mass is 9.93. The second-order valence-corrected chi connectivity index (χ2v) is 8.35. The molecular weight excluding hydrogens is 460 g/mol. The smallest absolute Gasteiger partial charge is 0.337 e. The van der Waals surface area contributed by atoms with Crippen molar-refractivity contribution < 1.29 is 24.2 Å². The van der Waals surface area contributed by atoms with E-state index in [1.807, 2.05) is 19.1 Å². The summed E-state index contributed by atoms with van der Waals surface area (Å²) in [4.78, 5) is 25.4. The van der Waals surface area contributed by atoms with Crippen LogP contribution < -0.4 is 20.1 Å². The summed E-state index contributed by atoms with van der Waals surface area (Å²) in [5.41, 5.74) is 3.97. The van der Waals surface area contributed by atoms with Crippen LogP contribution in [-0.2, 0) is 6.42 Å². The van der Waals surface area contributed by atoms with Gasteiger partial charge in [0.2, 0.25) is 0 Å². The van der Waals surface area contributed by atoms with E-state index in [1.165, 1.54) is 17.1 Å². The number of nitrogens with zero attached hydrogens (tertiary/aromatic N) is 2. The third-order valence-electron chi connectivity index (χ3n) is 5.95. The van der Waals surface area contributed by atoms with Gasteiger partial charge in [0, 0.05) is 35.5 Å². The van der Waals surface area contributed by atoms with Crippen molar-refractivity contribution in [1.29, 1.82) is 0 Å². The van der Waals surface area contributed by atoms with Crippen LogP contribution in [-0.4, -0.2) is 55.1 Å². The molecule has 0 saturated heterocycles. The van der Waals surface area contributed by atoms with Crippen LogP contribution in [0.3, 0.4) is 0 Å². The number of fused-ring (bicyclic) bond motifs is 1. The number of anilines is 1. The minimum absolute atomic E-state index is 0.0649. The highest BCUT2D eigenvalue weighted by molar-refractivity contribution is 6.15. The molecule has 3 aromatic rings. The lowest BCUT2D eigenvalue weighted by molar-refractivity contribution is 0.102. The zero-order valence-electron chi connectivity index (χ0n) is 20.5. The Balaban J connectivity index is 1.74. The van der Waals surface area contributed by atoms with Crippen molar-refractivity contribution in [2.45, 2.75) is 19.4 Å². The zero-order chi connectivity index (χ0) is 25.8. The second-order valence-electron chi connectivity index (χ2n) is 8.35. The van der Waals surface area contributed by atoms with Crippen LogP contribution in [0.15, 0.2) is 65.8 Å². The number of hydrazone groups is 1. The number of carbonyl (C=O) groups excluding carboxylic acids is 2. The van der Waals surface area contributed by atoms with Gasteiger partial charge in [0.05, 0.1) is 26.0 Å². The van der Waals surface area contributed by atoms with E-state index in [9.17, 15) is 14.7 Å². The number of aromatic hydroxyl groups is 1. The Morgan fingerprint density at radius 3 is 2.36 bits per heavy atom. The van der Waals surface area contributed by atoms with E-state index in [0.29, 0.717) is 34.9 Å². The molecule has 0 bridgehead atoms. The summed E-state index contributed by atoms with van der Waals surface area (Å²) in [6, 6.07) is 16.5. The van der Waals surface area contributed by atoms with E-state index >= 15 is 0 Å². The number of ether oxygens (including phenoxy) is 2. The molecule has 0 fully saturated rings. The van der Waals surface area contributed by atoms with Crippen LogP contribution in [0.25, 0.3) is 0 Å². The average molecular weight is 489 g/mol. The van der Waals surface area contributed by atoms with Crippen LogP contribution >= 0.6 is 0 Å². The van der Waals surface area contributed by atoms with Crippen LogP contribution in [0.2, 0.25) is 0 Å². The Morgan fingerprint density at radius 1 is 1.03 bits per heavy atom. The molecule has 1 unspecified atom stereocenters. The minimum atomic E-state index is -0.325. The summed E-state index contributed by atoms with van der Waals surface area (Å²) >= 11 is 0. The fraction of sp³-hybridized carbons (Fsp3) is 0.222. The molecule has 4 rings (SSSR count). The standard InChI is InChI=1S/C27H28N4O5/c1-16-12-19-13-23(35-3)24(36-4)15-22(19)25(30-31(16)27(34)28-2)17-8-10-18(11-9-17)26(33)29-20-6-5-7-21(32)14-20/h5-11,13-16,32H,12H2,1-4H3,(H,28,34)(H,29,33). The molecule has 1 heterocycles. The zero-order valence-corrected chi connectivity index (χ0v) is 20.5. The molecule has 3 amide bonds. The monoisotopic (exact) mass is 488 g/mol. The first-order valence-corrected chi connectivity index (χ1v) is 11.4. The quantitative estimate of drug-likeness (QED) is 0.503. The SMILES string of the molecule is CNC(=O)N1N=C(c2ccc(C(=O)Nc3cccc(O)c3)cc2)c2cc(OC)c(OC)cc2CC1C. The Kier molecular flexibility index (Phi) is 7.10. The number of rotatable bonds is 5. The van der Waals surface area contributed by atoms with Gasteiger partial charge in [-0.15, -0.1) is 0 Å². The fourth-order valence-corrected chi connectivity index (χ4v) is 4.12. The normalized spacial score (nSPS) is 14.7. The molecule has 0 spiro atoms. The molecule has 3 N–H and O–H groups in total. The lowest BCUT2D eigenvalue weighted by Crippen LogP contribution is -2.41. The summed E-state index contributed by atoms with van der Waals surface area (Å²) in [6.07, 6.45) is 0.556. The summed E-state index contributed by atoms with van der Waals surface area (Å²) in [5, 5.41) is 21.2. The van der Waals surface area contributed by atoms with Gasteiger partial charge in [-0.3, -0.25) is 4.79 Å². The second kappa shape index (κ2) is 10.4. The number of urea groups is 1. The first kappa shape index (κ1) is 24.6. The number of phenols is 1. The van der Waals surface area contributed by atoms with Gasteiger partial charge in [-0.25, -0.2) is 9.80 Å². The maximum Gasteiger partial charge on any atom is 0.337 e. The molecule has 1 aliphatic rings. The number of phenolic OH excluding ortho intramolecular Hbond substituents is 1. The van der Waals surface area contributed by atoms with Crippen molar-refractivity contribution in [1.82, 2.24) is 10.3 Å². The number of hydrogen-bond donors (Lipinski definition) is 3. The van der Waals surface area contributed by atoms with Gasteiger partial charge >= 0.3 is 6.03 Å². The Morgan fingerprint density at radius 2 is 1.72 bits per heavy atom. The molecule has 186 valence electrons. The van der Waals surface area contributed by atoms with Gasteiger partial charge in [0.1, 0.15) is 5.75 Å². The molecular formula is C27H28N4O5. The van der Waals surface area contributed by atoms with Crippen molar-refractivity contribution in [3.05, 3.63) is 82.9 Å².